The molecular weight excluding hydrogens is 516 g/mol. The molecule has 4 aliphatic rings. The molecule has 7 rings (SSSR count). The van der Waals surface area contributed by atoms with Gasteiger partial charge < -0.3 is 36.3 Å². The lowest BCUT2D eigenvalue weighted by molar-refractivity contribution is -0.944. The molecular formula is C30H33BrN2O3. The normalized spacial score (nSPS) is 24.0. The molecule has 1 amide bonds. The quantitative estimate of drug-likeness (QED) is 0.363. The highest BCUT2D eigenvalue weighted by Gasteiger charge is 2.47. The van der Waals surface area contributed by atoms with E-state index in [1.165, 1.54) is 25.9 Å². The fourth-order valence-electron chi connectivity index (χ4n) is 6.33. The largest absolute Gasteiger partial charge is 1.00 e. The average molecular weight is 550 g/mol. The van der Waals surface area contributed by atoms with Gasteiger partial charge in [-0.3, -0.25) is 4.79 Å². The average Bonchev–Trinajstić information content (AvgIpc) is 2.91. The van der Waals surface area contributed by atoms with Gasteiger partial charge in [0, 0.05) is 30.4 Å². The third kappa shape index (κ3) is 4.89. The Hall–Kier alpha value is -2.83. The predicted octanol–water partition coefficient (Wildman–Crippen LogP) is 2.12. The van der Waals surface area contributed by atoms with Crippen molar-refractivity contribution >= 4 is 5.91 Å². The Morgan fingerprint density at radius 1 is 0.889 bits per heavy atom. The molecule has 0 spiro atoms. The summed E-state index contributed by atoms with van der Waals surface area (Å²) in [6.07, 6.45) is 3.40. The fraction of sp³-hybridized carbons (Fsp3) is 0.367. The number of rotatable bonds is 7. The van der Waals surface area contributed by atoms with E-state index in [0.29, 0.717) is 5.92 Å². The second-order valence-corrected chi connectivity index (χ2v) is 10.3. The second-order valence-electron chi connectivity index (χ2n) is 10.3. The van der Waals surface area contributed by atoms with Gasteiger partial charge in [-0.2, -0.15) is 0 Å². The molecule has 0 aliphatic carbocycles. The van der Waals surface area contributed by atoms with E-state index < -0.39 is 0 Å². The fourth-order valence-corrected chi connectivity index (χ4v) is 6.33. The maximum absolute atomic E-state index is 13.8. The number of ether oxygens (including phenoxy) is 2. The van der Waals surface area contributed by atoms with E-state index in [2.05, 4.69) is 5.32 Å². The highest BCUT2D eigenvalue weighted by atomic mass is 79.9. The van der Waals surface area contributed by atoms with Crippen LogP contribution in [0.2, 0.25) is 0 Å². The van der Waals surface area contributed by atoms with Crippen LogP contribution in [-0.2, 0) is 4.79 Å². The lowest BCUT2D eigenvalue weighted by Gasteiger charge is -2.53. The van der Waals surface area contributed by atoms with Crippen molar-refractivity contribution in [2.45, 2.75) is 31.2 Å². The lowest BCUT2D eigenvalue weighted by Crippen LogP contribution is -3.00. The number of benzene rings is 3. The third-order valence-corrected chi connectivity index (χ3v) is 8.16. The van der Waals surface area contributed by atoms with E-state index in [1.54, 1.807) is 0 Å². The first-order valence-electron chi connectivity index (χ1n) is 12.9. The summed E-state index contributed by atoms with van der Waals surface area (Å²) in [6, 6.07) is 26.1. The molecule has 2 bridgehead atoms. The Morgan fingerprint density at radius 2 is 1.50 bits per heavy atom. The Bertz CT molecular complexity index is 1150. The first-order chi connectivity index (χ1) is 17.2. The van der Waals surface area contributed by atoms with Gasteiger partial charge in [0.15, 0.2) is 0 Å². The van der Waals surface area contributed by atoms with E-state index >= 15 is 0 Å². The van der Waals surface area contributed by atoms with Gasteiger partial charge in [-0.05, 0) is 30.2 Å². The van der Waals surface area contributed by atoms with Gasteiger partial charge in [-0.1, -0.05) is 54.6 Å². The molecule has 0 aromatic heterocycles. The van der Waals surface area contributed by atoms with Gasteiger partial charge in [-0.25, -0.2) is 0 Å². The van der Waals surface area contributed by atoms with Crippen LogP contribution in [0.4, 0.5) is 0 Å². The molecule has 0 saturated carbocycles. The molecule has 3 fully saturated rings. The summed E-state index contributed by atoms with van der Waals surface area (Å²) in [7, 11) is 0. The molecule has 4 aliphatic heterocycles. The van der Waals surface area contributed by atoms with Crippen LogP contribution < -0.4 is 31.8 Å². The Labute approximate surface area is 223 Å². The minimum Gasteiger partial charge on any atom is -1.00 e. The van der Waals surface area contributed by atoms with Crippen molar-refractivity contribution in [2.24, 2.45) is 5.92 Å². The molecule has 3 saturated heterocycles. The van der Waals surface area contributed by atoms with Crippen LogP contribution in [0.3, 0.4) is 0 Å². The number of nitrogens with zero attached hydrogens (tertiary/aromatic N) is 1. The lowest BCUT2D eigenvalue weighted by atomic mass is 9.80. The first-order valence-corrected chi connectivity index (χ1v) is 12.9. The summed E-state index contributed by atoms with van der Waals surface area (Å²) in [5.41, 5.74) is 1.90. The summed E-state index contributed by atoms with van der Waals surface area (Å²) < 4.78 is 13.1. The standard InChI is InChI=1S/C30H32N2O3.BrH/c33-30(29-24-11-4-6-13-27(24)35-28-14-7-5-12-25(28)29)31-26-21-32(18-15-22(26)16-19-32)17-8-20-34-23-9-2-1-3-10-23;/h1-7,9-14,22,26,29H,8,15-21H2;1H. The number of para-hydroxylation sites is 3. The molecule has 1 unspecified atom stereocenters. The van der Waals surface area contributed by atoms with Gasteiger partial charge in [-0.15, -0.1) is 0 Å². The zero-order valence-corrected chi connectivity index (χ0v) is 22.0. The predicted molar refractivity (Wildman–Crippen MR) is 136 cm³/mol. The van der Waals surface area contributed by atoms with Crippen molar-refractivity contribution in [3.63, 3.8) is 0 Å². The number of hydrogen-bond acceptors (Lipinski definition) is 3. The van der Waals surface area contributed by atoms with Crippen LogP contribution >= 0.6 is 0 Å². The Morgan fingerprint density at radius 3 is 2.17 bits per heavy atom. The molecule has 36 heavy (non-hydrogen) atoms. The molecule has 5 nitrogen and oxygen atoms in total. The molecule has 6 heteroatoms. The Balaban J connectivity index is 0.00000267. The number of piperidine rings is 3. The number of quaternary nitrogens is 1. The smallest absolute Gasteiger partial charge is 0.232 e. The van der Waals surface area contributed by atoms with Crippen LogP contribution in [0.25, 0.3) is 0 Å². The molecule has 1 N–H and O–H groups in total. The number of carbonyl (C=O) groups excluding carboxylic acids is 1. The summed E-state index contributed by atoms with van der Waals surface area (Å²) >= 11 is 0. The van der Waals surface area contributed by atoms with Crippen molar-refractivity contribution in [1.29, 1.82) is 0 Å². The molecule has 3 aromatic rings. The molecule has 0 radical (unpaired) electrons. The van der Waals surface area contributed by atoms with Crippen LogP contribution in [0.15, 0.2) is 78.9 Å². The molecule has 1 atom stereocenters. The summed E-state index contributed by atoms with van der Waals surface area (Å²) in [5.74, 6) is 2.83. The number of hydrogen-bond donors (Lipinski definition) is 1. The summed E-state index contributed by atoms with van der Waals surface area (Å²) in [4.78, 5) is 13.8. The van der Waals surface area contributed by atoms with Crippen LogP contribution in [0.1, 0.15) is 36.3 Å². The van der Waals surface area contributed by atoms with Gasteiger partial charge in [0.25, 0.3) is 0 Å². The number of halogens is 1. The van der Waals surface area contributed by atoms with Crippen molar-refractivity contribution in [3.05, 3.63) is 90.0 Å². The van der Waals surface area contributed by atoms with Gasteiger partial charge in [0.1, 0.15) is 17.2 Å². The highest BCUT2D eigenvalue weighted by Crippen LogP contribution is 2.44. The zero-order valence-electron chi connectivity index (χ0n) is 20.4. The van der Waals surface area contributed by atoms with Crippen LogP contribution in [-0.4, -0.2) is 49.2 Å². The summed E-state index contributed by atoms with van der Waals surface area (Å²) in [5, 5.41) is 3.50. The van der Waals surface area contributed by atoms with E-state index in [1.807, 2.05) is 78.9 Å². The topological polar surface area (TPSA) is 47.6 Å². The zero-order chi connectivity index (χ0) is 23.7. The Kier molecular flexibility index (Phi) is 7.35. The van der Waals surface area contributed by atoms with Crippen molar-refractivity contribution in [2.75, 3.05) is 32.8 Å². The van der Waals surface area contributed by atoms with Crippen molar-refractivity contribution in [3.8, 4) is 17.2 Å². The van der Waals surface area contributed by atoms with Gasteiger partial charge >= 0.3 is 0 Å². The SMILES string of the molecule is O=C(NC1C[N+]2(CCCOc3ccccc3)CCC1CC2)C1c2ccccc2Oc2ccccc21.[Br-]. The van der Waals surface area contributed by atoms with Crippen LogP contribution in [0.5, 0.6) is 17.2 Å². The second kappa shape index (κ2) is 10.7. The van der Waals surface area contributed by atoms with E-state index in [4.69, 9.17) is 9.47 Å². The van der Waals surface area contributed by atoms with Gasteiger partial charge in [0.05, 0.1) is 44.7 Å². The molecule has 4 heterocycles. The van der Waals surface area contributed by atoms with Gasteiger partial charge in [0.2, 0.25) is 5.91 Å². The molecule has 3 aromatic carbocycles. The number of nitrogens with one attached hydrogen (secondary N) is 1. The third-order valence-electron chi connectivity index (χ3n) is 8.16. The van der Waals surface area contributed by atoms with E-state index in [9.17, 15) is 4.79 Å². The molecule has 188 valence electrons. The highest BCUT2D eigenvalue weighted by molar-refractivity contribution is 5.89. The minimum absolute atomic E-state index is 0. The monoisotopic (exact) mass is 548 g/mol. The number of carbonyl (C=O) groups is 1. The first kappa shape index (κ1) is 24.8. The van der Waals surface area contributed by atoms with Crippen molar-refractivity contribution < 1.29 is 35.7 Å². The number of amides is 1. The van der Waals surface area contributed by atoms with Crippen LogP contribution in [0, 0.1) is 5.92 Å². The van der Waals surface area contributed by atoms with Crippen molar-refractivity contribution in [1.82, 2.24) is 5.32 Å². The van der Waals surface area contributed by atoms with E-state index in [-0.39, 0.29) is 34.8 Å². The maximum atomic E-state index is 13.8. The van der Waals surface area contributed by atoms with E-state index in [0.717, 1.165) is 59.0 Å². The number of fused-ring (bicyclic) bond motifs is 5. The minimum atomic E-state index is -0.334. The summed E-state index contributed by atoms with van der Waals surface area (Å²) in [6.45, 7) is 5.29. The maximum Gasteiger partial charge on any atom is 0.232 e.